The minimum Gasteiger partial charge on any atom is -0.311 e. The molecule has 96 valence electrons. The molecule has 3 amide bonds. The summed E-state index contributed by atoms with van der Waals surface area (Å²) in [4.78, 5) is 24.2. The number of rotatable bonds is 4. The lowest BCUT2D eigenvalue weighted by atomic mass is 9.98. The van der Waals surface area contributed by atoms with Crippen LogP contribution in [-0.2, 0) is 17.8 Å². The van der Waals surface area contributed by atoms with E-state index < -0.39 is 0 Å². The number of hydrogen-bond donors (Lipinski definition) is 1. The van der Waals surface area contributed by atoms with Crippen molar-refractivity contribution in [2.45, 2.75) is 26.8 Å². The normalized spacial score (nSPS) is 15.4. The third-order valence-electron chi connectivity index (χ3n) is 2.98. The Hall–Kier alpha value is -1.84. The van der Waals surface area contributed by atoms with Crippen molar-refractivity contribution >= 4 is 11.9 Å². The van der Waals surface area contributed by atoms with Crippen LogP contribution in [0.15, 0.2) is 24.3 Å². The van der Waals surface area contributed by atoms with Gasteiger partial charge >= 0.3 is 6.03 Å². The molecular weight excluding hydrogens is 228 g/mol. The van der Waals surface area contributed by atoms with Crippen LogP contribution in [0.25, 0.3) is 0 Å². The lowest BCUT2D eigenvalue weighted by molar-refractivity contribution is -0.118. The van der Waals surface area contributed by atoms with Crippen LogP contribution in [0.4, 0.5) is 4.79 Å². The Morgan fingerprint density at radius 2 is 1.89 bits per heavy atom. The number of urea groups is 1. The summed E-state index contributed by atoms with van der Waals surface area (Å²) in [5, 5.41) is 2.30. The summed E-state index contributed by atoms with van der Waals surface area (Å²) in [5.41, 5.74) is 2.37. The van der Waals surface area contributed by atoms with Gasteiger partial charge in [-0.05, 0) is 23.5 Å². The number of amides is 3. The summed E-state index contributed by atoms with van der Waals surface area (Å²) in [7, 11) is 0. The Kier molecular flexibility index (Phi) is 3.65. The minimum absolute atomic E-state index is 0.162. The number of benzene rings is 1. The number of carbonyl (C=O) groups excluding carboxylic acids is 2. The number of imide groups is 1. The first-order valence-corrected chi connectivity index (χ1v) is 6.22. The van der Waals surface area contributed by atoms with Gasteiger partial charge in [-0.3, -0.25) is 10.1 Å². The predicted octanol–water partition coefficient (Wildman–Crippen LogP) is 1.94. The maximum absolute atomic E-state index is 11.5. The Morgan fingerprint density at radius 3 is 2.44 bits per heavy atom. The molecule has 4 nitrogen and oxygen atoms in total. The highest BCUT2D eigenvalue weighted by atomic mass is 16.2. The fraction of sp³-hybridized carbons (Fsp3) is 0.429. The molecule has 1 aromatic rings. The molecule has 0 spiro atoms. The molecule has 1 aliphatic rings. The van der Waals surface area contributed by atoms with Gasteiger partial charge in [0.25, 0.3) is 0 Å². The van der Waals surface area contributed by atoms with Crippen molar-refractivity contribution in [1.82, 2.24) is 10.2 Å². The van der Waals surface area contributed by atoms with E-state index in [2.05, 4.69) is 25.2 Å². The molecule has 1 aromatic carbocycles. The molecule has 1 N–H and O–H groups in total. The zero-order chi connectivity index (χ0) is 13.1. The Balaban J connectivity index is 2.13. The van der Waals surface area contributed by atoms with Crippen LogP contribution >= 0.6 is 0 Å². The van der Waals surface area contributed by atoms with Crippen LogP contribution in [0.3, 0.4) is 0 Å². The molecule has 0 radical (unpaired) electrons. The Labute approximate surface area is 107 Å². The zero-order valence-electron chi connectivity index (χ0n) is 10.8. The molecule has 0 aliphatic carbocycles. The molecular formula is C14H18N2O2. The molecule has 4 heteroatoms. The molecule has 0 aromatic heterocycles. The second-order valence-corrected chi connectivity index (χ2v) is 5.08. The predicted molar refractivity (Wildman–Crippen MR) is 68.9 cm³/mol. The van der Waals surface area contributed by atoms with Crippen molar-refractivity contribution in [3.05, 3.63) is 35.4 Å². The second-order valence-electron chi connectivity index (χ2n) is 5.08. The molecule has 0 atom stereocenters. The van der Waals surface area contributed by atoms with E-state index in [9.17, 15) is 9.59 Å². The number of carbonyl (C=O) groups is 2. The Bertz CT molecular complexity index is 469. The lowest BCUT2D eigenvalue weighted by Crippen LogP contribution is -2.28. The molecule has 1 saturated heterocycles. The van der Waals surface area contributed by atoms with Gasteiger partial charge in [-0.2, -0.15) is 0 Å². The van der Waals surface area contributed by atoms with Crippen molar-refractivity contribution in [2.75, 3.05) is 6.54 Å². The van der Waals surface area contributed by atoms with Crippen LogP contribution in [0, 0.1) is 5.92 Å². The SMILES string of the molecule is CC(C)Cc1ccccc1CN1CC(=O)NC1=O. The molecule has 18 heavy (non-hydrogen) atoms. The van der Waals surface area contributed by atoms with E-state index in [4.69, 9.17) is 0 Å². The van der Waals surface area contributed by atoms with Gasteiger partial charge in [-0.1, -0.05) is 38.1 Å². The minimum atomic E-state index is -0.292. The smallest absolute Gasteiger partial charge is 0.311 e. The first kappa shape index (κ1) is 12.6. The molecule has 0 saturated carbocycles. The summed E-state index contributed by atoms with van der Waals surface area (Å²) in [6, 6.07) is 7.80. The van der Waals surface area contributed by atoms with Gasteiger partial charge in [0.2, 0.25) is 5.91 Å². The zero-order valence-corrected chi connectivity index (χ0v) is 10.8. The van der Waals surface area contributed by atoms with E-state index in [1.807, 2.05) is 18.2 Å². The van der Waals surface area contributed by atoms with Crippen molar-refractivity contribution in [1.29, 1.82) is 0 Å². The van der Waals surface area contributed by atoms with Gasteiger partial charge < -0.3 is 4.90 Å². The van der Waals surface area contributed by atoms with Gasteiger partial charge in [-0.15, -0.1) is 0 Å². The average Bonchev–Trinajstić information content (AvgIpc) is 2.59. The third-order valence-corrected chi connectivity index (χ3v) is 2.98. The third kappa shape index (κ3) is 2.88. The number of nitrogens with one attached hydrogen (secondary N) is 1. The fourth-order valence-electron chi connectivity index (χ4n) is 2.17. The monoisotopic (exact) mass is 246 g/mol. The summed E-state index contributed by atoms with van der Waals surface area (Å²) >= 11 is 0. The van der Waals surface area contributed by atoms with Gasteiger partial charge in [0, 0.05) is 6.54 Å². The molecule has 0 bridgehead atoms. The molecule has 2 rings (SSSR count). The first-order chi connectivity index (χ1) is 8.56. The highest BCUT2D eigenvalue weighted by molar-refractivity contribution is 6.01. The van der Waals surface area contributed by atoms with Gasteiger partial charge in [0.1, 0.15) is 6.54 Å². The van der Waals surface area contributed by atoms with E-state index in [0.29, 0.717) is 12.5 Å². The average molecular weight is 246 g/mol. The van der Waals surface area contributed by atoms with E-state index >= 15 is 0 Å². The molecule has 1 aliphatic heterocycles. The van der Waals surface area contributed by atoms with Gasteiger partial charge in [-0.25, -0.2) is 4.79 Å². The van der Waals surface area contributed by atoms with Crippen LogP contribution < -0.4 is 5.32 Å². The van der Waals surface area contributed by atoms with Crippen LogP contribution in [-0.4, -0.2) is 23.4 Å². The van der Waals surface area contributed by atoms with Crippen LogP contribution in [0.5, 0.6) is 0 Å². The highest BCUT2D eigenvalue weighted by Gasteiger charge is 2.26. The summed E-state index contributed by atoms with van der Waals surface area (Å²) in [5.74, 6) is 0.349. The van der Waals surface area contributed by atoms with E-state index in [1.54, 1.807) is 4.90 Å². The summed E-state index contributed by atoms with van der Waals surface area (Å²) < 4.78 is 0. The van der Waals surface area contributed by atoms with Crippen LogP contribution in [0.2, 0.25) is 0 Å². The summed E-state index contributed by atoms with van der Waals surface area (Å²) in [6.07, 6.45) is 0.986. The van der Waals surface area contributed by atoms with E-state index in [1.165, 1.54) is 5.56 Å². The Morgan fingerprint density at radius 1 is 1.22 bits per heavy atom. The van der Waals surface area contributed by atoms with Gasteiger partial charge in [0.15, 0.2) is 0 Å². The first-order valence-electron chi connectivity index (χ1n) is 6.22. The second kappa shape index (κ2) is 5.21. The van der Waals surface area contributed by atoms with E-state index in [0.717, 1.165) is 12.0 Å². The van der Waals surface area contributed by atoms with Crippen molar-refractivity contribution in [2.24, 2.45) is 5.92 Å². The maximum Gasteiger partial charge on any atom is 0.324 e. The van der Waals surface area contributed by atoms with Crippen LogP contribution in [0.1, 0.15) is 25.0 Å². The van der Waals surface area contributed by atoms with Crippen molar-refractivity contribution in [3.8, 4) is 0 Å². The van der Waals surface area contributed by atoms with E-state index in [-0.39, 0.29) is 18.5 Å². The highest BCUT2D eigenvalue weighted by Crippen LogP contribution is 2.16. The van der Waals surface area contributed by atoms with Crippen molar-refractivity contribution in [3.63, 3.8) is 0 Å². The molecule has 1 heterocycles. The fourth-order valence-corrected chi connectivity index (χ4v) is 2.17. The number of hydrogen-bond acceptors (Lipinski definition) is 2. The maximum atomic E-state index is 11.5. The quantitative estimate of drug-likeness (QED) is 0.825. The standard InChI is InChI=1S/C14H18N2O2/c1-10(2)7-11-5-3-4-6-12(11)8-16-9-13(17)15-14(16)18/h3-6,10H,7-9H2,1-2H3,(H,15,17,18). The van der Waals surface area contributed by atoms with Gasteiger partial charge in [0.05, 0.1) is 0 Å². The molecule has 1 fully saturated rings. The topological polar surface area (TPSA) is 49.4 Å². The molecule has 0 unspecified atom stereocenters. The largest absolute Gasteiger partial charge is 0.324 e. The summed E-state index contributed by atoms with van der Waals surface area (Å²) in [6.45, 7) is 5.00. The number of nitrogens with zero attached hydrogens (tertiary/aromatic N) is 1. The lowest BCUT2D eigenvalue weighted by Gasteiger charge is -2.17. The van der Waals surface area contributed by atoms with Crippen molar-refractivity contribution < 1.29 is 9.59 Å².